The molecule has 0 atom stereocenters. The van der Waals surface area contributed by atoms with E-state index in [2.05, 4.69) is 43.7 Å². The second-order valence-electron chi connectivity index (χ2n) is 4.83. The SMILES string of the molecule is Cc1nc(C(C)C)c2sc(C(C)C)cc2n1. The second-order valence-corrected chi connectivity index (χ2v) is 5.91. The normalized spacial score (nSPS) is 11.9. The molecule has 16 heavy (non-hydrogen) atoms. The average molecular weight is 234 g/mol. The van der Waals surface area contributed by atoms with Crippen LogP contribution in [0.3, 0.4) is 0 Å². The molecule has 2 nitrogen and oxygen atoms in total. The van der Waals surface area contributed by atoms with E-state index in [1.165, 1.54) is 15.3 Å². The molecule has 0 radical (unpaired) electrons. The summed E-state index contributed by atoms with van der Waals surface area (Å²) in [5, 5.41) is 0. The Bertz CT molecular complexity index is 512. The third-order valence-electron chi connectivity index (χ3n) is 2.64. The monoisotopic (exact) mass is 234 g/mol. The van der Waals surface area contributed by atoms with Crippen molar-refractivity contribution in [1.82, 2.24) is 9.97 Å². The molecule has 0 saturated carbocycles. The molecule has 0 fully saturated rings. The Morgan fingerprint density at radius 1 is 1.06 bits per heavy atom. The predicted octanol–water partition coefficient (Wildman–Crippen LogP) is 4.25. The Morgan fingerprint density at radius 3 is 2.31 bits per heavy atom. The maximum absolute atomic E-state index is 4.57. The standard InChI is InChI=1S/C13H18N2S/c1-7(2)11-6-10-13(16-11)12(8(3)4)15-9(5)14-10/h6-8H,1-5H3. The van der Waals surface area contributed by atoms with Gasteiger partial charge in [0, 0.05) is 4.88 Å². The predicted molar refractivity (Wildman–Crippen MR) is 70.3 cm³/mol. The minimum absolute atomic E-state index is 0.461. The van der Waals surface area contributed by atoms with Gasteiger partial charge in [0.2, 0.25) is 0 Å². The van der Waals surface area contributed by atoms with Crippen LogP contribution in [-0.4, -0.2) is 9.97 Å². The minimum atomic E-state index is 0.461. The van der Waals surface area contributed by atoms with E-state index in [9.17, 15) is 0 Å². The lowest BCUT2D eigenvalue weighted by atomic mass is 10.1. The molecular weight excluding hydrogens is 216 g/mol. The highest BCUT2D eigenvalue weighted by Crippen LogP contribution is 2.33. The fourth-order valence-corrected chi connectivity index (χ4v) is 3.00. The molecule has 0 aliphatic carbocycles. The zero-order chi connectivity index (χ0) is 11.9. The fourth-order valence-electron chi connectivity index (χ4n) is 1.77. The number of aryl methyl sites for hydroxylation is 1. The van der Waals surface area contributed by atoms with E-state index in [-0.39, 0.29) is 0 Å². The quantitative estimate of drug-likeness (QED) is 0.776. The van der Waals surface area contributed by atoms with E-state index in [1.807, 2.05) is 18.3 Å². The highest BCUT2D eigenvalue weighted by atomic mass is 32.1. The van der Waals surface area contributed by atoms with Gasteiger partial charge in [0.25, 0.3) is 0 Å². The van der Waals surface area contributed by atoms with Crippen molar-refractivity contribution < 1.29 is 0 Å². The molecule has 2 rings (SSSR count). The van der Waals surface area contributed by atoms with Gasteiger partial charge in [0.15, 0.2) is 0 Å². The first-order valence-electron chi connectivity index (χ1n) is 5.77. The molecule has 0 unspecified atom stereocenters. The second kappa shape index (κ2) is 4.13. The smallest absolute Gasteiger partial charge is 0.126 e. The van der Waals surface area contributed by atoms with Crippen molar-refractivity contribution in [3.8, 4) is 0 Å². The van der Waals surface area contributed by atoms with Gasteiger partial charge in [-0.05, 0) is 24.8 Å². The lowest BCUT2D eigenvalue weighted by Gasteiger charge is -2.06. The third kappa shape index (κ3) is 1.96. The summed E-state index contributed by atoms with van der Waals surface area (Å²) in [7, 11) is 0. The topological polar surface area (TPSA) is 25.8 Å². The van der Waals surface area contributed by atoms with Crippen molar-refractivity contribution in [3.05, 3.63) is 22.5 Å². The Balaban J connectivity index is 2.70. The van der Waals surface area contributed by atoms with E-state index in [1.54, 1.807) is 0 Å². The summed E-state index contributed by atoms with van der Waals surface area (Å²) in [4.78, 5) is 10.5. The van der Waals surface area contributed by atoms with Gasteiger partial charge in [-0.25, -0.2) is 9.97 Å². The lowest BCUT2D eigenvalue weighted by molar-refractivity contribution is 0.820. The van der Waals surface area contributed by atoms with Gasteiger partial charge < -0.3 is 0 Å². The Morgan fingerprint density at radius 2 is 1.75 bits per heavy atom. The summed E-state index contributed by atoms with van der Waals surface area (Å²) in [5.74, 6) is 1.91. The molecule has 0 aromatic carbocycles. The highest BCUT2D eigenvalue weighted by molar-refractivity contribution is 7.19. The van der Waals surface area contributed by atoms with Crippen molar-refractivity contribution >= 4 is 21.6 Å². The number of aromatic nitrogens is 2. The molecule has 2 heterocycles. The Kier molecular flexibility index (Phi) is 2.98. The van der Waals surface area contributed by atoms with Gasteiger partial charge >= 0.3 is 0 Å². The molecule has 3 heteroatoms. The van der Waals surface area contributed by atoms with E-state index in [4.69, 9.17) is 0 Å². The molecule has 0 spiro atoms. The number of nitrogens with zero attached hydrogens (tertiary/aromatic N) is 2. The van der Waals surface area contributed by atoms with E-state index in [0.29, 0.717) is 11.8 Å². The van der Waals surface area contributed by atoms with Gasteiger partial charge in [-0.3, -0.25) is 0 Å². The first kappa shape index (κ1) is 11.5. The number of hydrogen-bond donors (Lipinski definition) is 0. The fraction of sp³-hybridized carbons (Fsp3) is 0.538. The van der Waals surface area contributed by atoms with Crippen LogP contribution >= 0.6 is 11.3 Å². The molecule has 86 valence electrons. The van der Waals surface area contributed by atoms with Crippen LogP contribution in [0.25, 0.3) is 10.2 Å². The van der Waals surface area contributed by atoms with Crippen LogP contribution in [0.4, 0.5) is 0 Å². The van der Waals surface area contributed by atoms with E-state index in [0.717, 1.165) is 11.3 Å². The third-order valence-corrected chi connectivity index (χ3v) is 4.09. The number of thiophene rings is 1. The Labute approximate surface area is 101 Å². The summed E-state index contributed by atoms with van der Waals surface area (Å²) in [6, 6.07) is 2.21. The zero-order valence-electron chi connectivity index (χ0n) is 10.5. The number of hydrogen-bond acceptors (Lipinski definition) is 3. The highest BCUT2D eigenvalue weighted by Gasteiger charge is 2.14. The van der Waals surface area contributed by atoms with Gasteiger partial charge in [-0.15, -0.1) is 11.3 Å². The molecule has 0 bridgehead atoms. The maximum atomic E-state index is 4.57. The van der Waals surface area contributed by atoms with E-state index >= 15 is 0 Å². The average Bonchev–Trinajstić information content (AvgIpc) is 2.59. The van der Waals surface area contributed by atoms with Gasteiger partial charge in [-0.1, -0.05) is 27.7 Å². The summed E-state index contributed by atoms with van der Waals surface area (Å²) in [6.07, 6.45) is 0. The van der Waals surface area contributed by atoms with Crippen LogP contribution in [-0.2, 0) is 0 Å². The molecule has 0 aliphatic rings. The van der Waals surface area contributed by atoms with Gasteiger partial charge in [-0.2, -0.15) is 0 Å². The summed E-state index contributed by atoms with van der Waals surface area (Å²) >= 11 is 1.84. The van der Waals surface area contributed by atoms with Crippen LogP contribution in [0.2, 0.25) is 0 Å². The van der Waals surface area contributed by atoms with Crippen LogP contribution < -0.4 is 0 Å². The van der Waals surface area contributed by atoms with E-state index < -0.39 is 0 Å². The molecule has 0 aliphatic heterocycles. The summed E-state index contributed by atoms with van der Waals surface area (Å²) in [5.41, 5.74) is 2.31. The lowest BCUT2D eigenvalue weighted by Crippen LogP contribution is -1.97. The molecule has 0 N–H and O–H groups in total. The number of fused-ring (bicyclic) bond motifs is 1. The molecule has 0 saturated heterocycles. The van der Waals surface area contributed by atoms with Crippen molar-refractivity contribution in [2.75, 3.05) is 0 Å². The molecule has 2 aromatic rings. The van der Waals surface area contributed by atoms with Crippen molar-refractivity contribution in [2.24, 2.45) is 0 Å². The zero-order valence-corrected chi connectivity index (χ0v) is 11.4. The van der Waals surface area contributed by atoms with Gasteiger partial charge in [0.1, 0.15) is 5.82 Å². The maximum Gasteiger partial charge on any atom is 0.126 e. The van der Waals surface area contributed by atoms with Crippen molar-refractivity contribution in [2.45, 2.75) is 46.5 Å². The Hall–Kier alpha value is -0.960. The van der Waals surface area contributed by atoms with Crippen LogP contribution in [0, 0.1) is 6.92 Å². The molecular formula is C13H18N2S. The van der Waals surface area contributed by atoms with Crippen molar-refractivity contribution in [1.29, 1.82) is 0 Å². The number of rotatable bonds is 2. The first-order chi connectivity index (χ1) is 7.49. The molecule has 2 aromatic heterocycles. The first-order valence-corrected chi connectivity index (χ1v) is 6.58. The van der Waals surface area contributed by atoms with Crippen LogP contribution in [0.15, 0.2) is 6.07 Å². The summed E-state index contributed by atoms with van der Waals surface area (Å²) in [6.45, 7) is 10.8. The largest absolute Gasteiger partial charge is 0.236 e. The van der Waals surface area contributed by atoms with Crippen LogP contribution in [0.5, 0.6) is 0 Å². The van der Waals surface area contributed by atoms with Gasteiger partial charge in [0.05, 0.1) is 15.9 Å². The minimum Gasteiger partial charge on any atom is -0.236 e. The van der Waals surface area contributed by atoms with Crippen LogP contribution in [0.1, 0.15) is 55.9 Å². The van der Waals surface area contributed by atoms with Crippen molar-refractivity contribution in [3.63, 3.8) is 0 Å². The molecule has 0 amide bonds. The summed E-state index contributed by atoms with van der Waals surface area (Å²) < 4.78 is 1.27.